The summed E-state index contributed by atoms with van der Waals surface area (Å²) in [6.07, 6.45) is 0. The van der Waals surface area contributed by atoms with Crippen LogP contribution in [-0.4, -0.2) is 10.2 Å². The van der Waals surface area contributed by atoms with Crippen LogP contribution in [0, 0.1) is 0 Å². The first-order chi connectivity index (χ1) is 7.20. The molecule has 2 rings (SSSR count). The van der Waals surface area contributed by atoms with E-state index in [-0.39, 0.29) is 17.1 Å². The van der Waals surface area contributed by atoms with Gasteiger partial charge in [-0.15, -0.1) is 0 Å². The van der Waals surface area contributed by atoms with E-state index in [0.717, 1.165) is 5.56 Å². The van der Waals surface area contributed by atoms with Crippen molar-refractivity contribution in [3.63, 3.8) is 0 Å². The number of aromatic amines is 1. The van der Waals surface area contributed by atoms with E-state index in [4.69, 9.17) is 11.5 Å². The van der Waals surface area contributed by atoms with Crippen molar-refractivity contribution in [2.24, 2.45) is 0 Å². The van der Waals surface area contributed by atoms with Crippen LogP contribution in [0.2, 0.25) is 0 Å². The van der Waals surface area contributed by atoms with Crippen LogP contribution in [-0.2, 0) is 0 Å². The predicted octanol–water partition coefficient (Wildman–Crippen LogP) is 0.601. The zero-order chi connectivity index (χ0) is 10.8. The van der Waals surface area contributed by atoms with E-state index in [9.17, 15) is 4.79 Å². The van der Waals surface area contributed by atoms with Crippen LogP contribution in [0.15, 0.2) is 35.1 Å². The van der Waals surface area contributed by atoms with E-state index < -0.39 is 0 Å². The number of nitrogens with one attached hydrogen (secondary N) is 1. The molecule has 0 aliphatic rings. The minimum absolute atomic E-state index is 0.133. The molecule has 0 radical (unpaired) electrons. The summed E-state index contributed by atoms with van der Waals surface area (Å²) in [5, 5.41) is 5.88. The number of hydrogen-bond acceptors (Lipinski definition) is 4. The summed E-state index contributed by atoms with van der Waals surface area (Å²) in [6, 6.07) is 9.09. The maximum Gasteiger partial charge on any atom is 0.274 e. The van der Waals surface area contributed by atoms with Gasteiger partial charge in [0.25, 0.3) is 5.56 Å². The van der Waals surface area contributed by atoms with Crippen LogP contribution in [0.3, 0.4) is 0 Å². The summed E-state index contributed by atoms with van der Waals surface area (Å²) in [4.78, 5) is 11.5. The highest BCUT2D eigenvalue weighted by Gasteiger charge is 2.10. The number of nitrogens with zero attached hydrogens (tertiary/aromatic N) is 1. The highest BCUT2D eigenvalue weighted by Crippen LogP contribution is 2.23. The van der Waals surface area contributed by atoms with Crippen molar-refractivity contribution in [3.8, 4) is 11.1 Å². The monoisotopic (exact) mass is 202 g/mol. The molecule has 0 unspecified atom stereocenters. The minimum atomic E-state index is -0.340. The quantitative estimate of drug-likeness (QED) is 0.630. The molecule has 76 valence electrons. The van der Waals surface area contributed by atoms with Crippen molar-refractivity contribution >= 4 is 11.5 Å². The molecule has 0 saturated heterocycles. The van der Waals surface area contributed by atoms with Gasteiger partial charge in [-0.1, -0.05) is 30.3 Å². The number of nitrogen functional groups attached to an aromatic ring is 2. The molecule has 5 heteroatoms. The van der Waals surface area contributed by atoms with Crippen LogP contribution in [0.1, 0.15) is 0 Å². The summed E-state index contributed by atoms with van der Waals surface area (Å²) in [5.41, 5.74) is 12.2. The highest BCUT2D eigenvalue weighted by molar-refractivity contribution is 5.81. The highest BCUT2D eigenvalue weighted by atomic mass is 16.1. The zero-order valence-electron chi connectivity index (χ0n) is 7.90. The van der Waals surface area contributed by atoms with Gasteiger partial charge in [-0.25, -0.2) is 5.10 Å². The maximum atomic E-state index is 11.5. The van der Waals surface area contributed by atoms with Crippen molar-refractivity contribution in [2.45, 2.75) is 0 Å². The Labute approximate surface area is 85.7 Å². The Morgan fingerprint density at radius 1 is 1.13 bits per heavy atom. The third kappa shape index (κ3) is 1.54. The summed E-state index contributed by atoms with van der Waals surface area (Å²) in [6.45, 7) is 0. The number of hydrogen-bond donors (Lipinski definition) is 3. The molecule has 0 aliphatic heterocycles. The average Bonchev–Trinajstić information content (AvgIpc) is 2.26. The Morgan fingerprint density at radius 3 is 2.47 bits per heavy atom. The average molecular weight is 202 g/mol. The third-order valence-electron chi connectivity index (χ3n) is 2.11. The van der Waals surface area contributed by atoms with Gasteiger partial charge in [0.15, 0.2) is 5.82 Å². The molecule has 15 heavy (non-hydrogen) atoms. The van der Waals surface area contributed by atoms with Gasteiger partial charge >= 0.3 is 0 Å². The molecule has 5 N–H and O–H groups in total. The number of nitrogens with two attached hydrogens (primary N) is 2. The SMILES string of the molecule is Nc1n[nH]c(=O)c(-c2ccccc2)c1N. The second-order valence-corrected chi connectivity index (χ2v) is 3.09. The van der Waals surface area contributed by atoms with Crippen LogP contribution in [0.25, 0.3) is 11.1 Å². The molecule has 1 aromatic carbocycles. The maximum absolute atomic E-state index is 11.5. The summed E-state index contributed by atoms with van der Waals surface area (Å²) < 4.78 is 0. The number of rotatable bonds is 1. The Kier molecular flexibility index (Phi) is 2.13. The van der Waals surface area contributed by atoms with Gasteiger partial charge < -0.3 is 11.5 Å². The van der Waals surface area contributed by atoms with E-state index in [1.807, 2.05) is 18.2 Å². The van der Waals surface area contributed by atoms with Gasteiger partial charge in [-0.2, -0.15) is 5.10 Å². The van der Waals surface area contributed by atoms with Crippen molar-refractivity contribution in [2.75, 3.05) is 11.5 Å². The van der Waals surface area contributed by atoms with Crippen LogP contribution in [0.5, 0.6) is 0 Å². The van der Waals surface area contributed by atoms with E-state index in [0.29, 0.717) is 5.56 Å². The lowest BCUT2D eigenvalue weighted by molar-refractivity contribution is 1.00. The second-order valence-electron chi connectivity index (χ2n) is 3.09. The molecule has 0 fully saturated rings. The molecule has 0 amide bonds. The van der Waals surface area contributed by atoms with E-state index in [2.05, 4.69) is 10.2 Å². The molecule has 5 nitrogen and oxygen atoms in total. The molecular formula is C10H10N4O. The Hall–Kier alpha value is -2.30. The van der Waals surface area contributed by atoms with Gasteiger partial charge in [0.2, 0.25) is 0 Å². The fraction of sp³-hybridized carbons (Fsp3) is 0. The van der Waals surface area contributed by atoms with Gasteiger partial charge in [0.1, 0.15) is 0 Å². The Bertz CT molecular complexity index is 533. The number of aromatic nitrogens is 2. The molecule has 0 bridgehead atoms. The van der Waals surface area contributed by atoms with E-state index >= 15 is 0 Å². The molecular weight excluding hydrogens is 192 g/mol. The first kappa shape index (κ1) is 9.26. The van der Waals surface area contributed by atoms with Gasteiger partial charge in [0, 0.05) is 0 Å². The normalized spacial score (nSPS) is 10.1. The first-order valence-corrected chi connectivity index (χ1v) is 4.39. The van der Waals surface area contributed by atoms with Crippen LogP contribution in [0.4, 0.5) is 11.5 Å². The summed E-state index contributed by atoms with van der Waals surface area (Å²) in [7, 11) is 0. The van der Waals surface area contributed by atoms with Gasteiger partial charge in [-0.05, 0) is 5.56 Å². The lowest BCUT2D eigenvalue weighted by atomic mass is 10.1. The smallest absolute Gasteiger partial charge is 0.274 e. The number of benzene rings is 1. The lowest BCUT2D eigenvalue weighted by Crippen LogP contribution is -2.16. The lowest BCUT2D eigenvalue weighted by Gasteiger charge is -2.05. The number of anilines is 2. The van der Waals surface area contributed by atoms with Crippen molar-refractivity contribution in [1.82, 2.24) is 10.2 Å². The minimum Gasteiger partial charge on any atom is -0.395 e. The molecule has 0 spiro atoms. The summed E-state index contributed by atoms with van der Waals surface area (Å²) >= 11 is 0. The third-order valence-corrected chi connectivity index (χ3v) is 2.11. The van der Waals surface area contributed by atoms with Gasteiger partial charge in [-0.3, -0.25) is 4.79 Å². The van der Waals surface area contributed by atoms with Crippen molar-refractivity contribution in [3.05, 3.63) is 40.7 Å². The molecule has 0 saturated carbocycles. The first-order valence-electron chi connectivity index (χ1n) is 4.39. The molecule has 0 atom stereocenters. The van der Waals surface area contributed by atoms with Gasteiger partial charge in [0.05, 0.1) is 11.3 Å². The fourth-order valence-electron chi connectivity index (χ4n) is 1.37. The fourth-order valence-corrected chi connectivity index (χ4v) is 1.37. The summed E-state index contributed by atoms with van der Waals surface area (Å²) in [5.74, 6) is 0.133. The van der Waals surface area contributed by atoms with E-state index in [1.165, 1.54) is 0 Å². The van der Waals surface area contributed by atoms with Crippen LogP contribution >= 0.6 is 0 Å². The predicted molar refractivity (Wildman–Crippen MR) is 59.1 cm³/mol. The molecule has 1 aromatic heterocycles. The van der Waals surface area contributed by atoms with Crippen molar-refractivity contribution in [1.29, 1.82) is 0 Å². The largest absolute Gasteiger partial charge is 0.395 e. The topological polar surface area (TPSA) is 97.8 Å². The number of H-pyrrole nitrogens is 1. The Balaban J connectivity index is 2.73. The standard InChI is InChI=1S/C10H10N4O/c11-8-7(6-4-2-1-3-5-6)10(15)14-13-9(8)12/h1-5H,(H2,12,13)(H3,11,14,15). The van der Waals surface area contributed by atoms with Crippen LogP contribution < -0.4 is 17.0 Å². The molecule has 1 heterocycles. The Morgan fingerprint density at radius 2 is 1.80 bits per heavy atom. The van der Waals surface area contributed by atoms with E-state index in [1.54, 1.807) is 12.1 Å². The second kappa shape index (κ2) is 3.45. The van der Waals surface area contributed by atoms with Crippen molar-refractivity contribution < 1.29 is 0 Å². The zero-order valence-corrected chi connectivity index (χ0v) is 7.90. The molecule has 2 aromatic rings. The molecule has 0 aliphatic carbocycles.